The van der Waals surface area contributed by atoms with Crippen LogP contribution < -0.4 is 16.0 Å². The van der Waals surface area contributed by atoms with Crippen molar-refractivity contribution < 1.29 is 19.4 Å². The summed E-state index contributed by atoms with van der Waals surface area (Å²) in [6.07, 6.45) is 1.82. The van der Waals surface area contributed by atoms with Crippen molar-refractivity contribution in [3.05, 3.63) is 40.3 Å². The Bertz CT molecular complexity index is 839. The predicted molar refractivity (Wildman–Crippen MR) is 82.3 cm³/mol. The van der Waals surface area contributed by atoms with Crippen LogP contribution in [0, 0.1) is 0 Å². The molecule has 0 radical (unpaired) electrons. The first-order valence-electron chi connectivity index (χ1n) is 7.66. The van der Waals surface area contributed by atoms with Crippen LogP contribution in [0.2, 0.25) is 0 Å². The van der Waals surface area contributed by atoms with Gasteiger partial charge in [0.15, 0.2) is 0 Å². The van der Waals surface area contributed by atoms with Gasteiger partial charge in [0.1, 0.15) is 12.2 Å². The number of hydrogen-bond donors (Lipinski definition) is 1. The number of benzene rings is 1. The second-order valence-electron chi connectivity index (χ2n) is 5.58. The lowest BCUT2D eigenvalue weighted by Gasteiger charge is -2.13. The lowest BCUT2D eigenvalue weighted by molar-refractivity contribution is -0.255. The number of carbonyl (C=O) groups excluding carboxylic acids is 2. The van der Waals surface area contributed by atoms with Gasteiger partial charge < -0.3 is 20.0 Å². The molecule has 0 aliphatic carbocycles. The van der Waals surface area contributed by atoms with E-state index in [1.807, 2.05) is 0 Å². The molecule has 3 rings (SSSR count). The number of nitrogens with zero attached hydrogens (tertiary/aromatic N) is 2. The van der Waals surface area contributed by atoms with Gasteiger partial charge in [-0.3, -0.25) is 9.59 Å². The fraction of sp³-hybridized carbons (Fsp3) is 0.375. The predicted octanol–water partition coefficient (Wildman–Crippen LogP) is -0.945. The first kappa shape index (κ1) is 16.1. The Morgan fingerprint density at radius 2 is 2.08 bits per heavy atom. The number of carbonyl (C=O) groups is 2. The number of nitrogens with one attached hydrogen (secondary N) is 1. The Labute approximate surface area is 137 Å². The van der Waals surface area contributed by atoms with Gasteiger partial charge >= 0.3 is 0 Å². The molecule has 2 heterocycles. The molecule has 1 saturated heterocycles. The van der Waals surface area contributed by atoms with Crippen molar-refractivity contribution in [3.63, 3.8) is 0 Å². The maximum Gasteiger partial charge on any atom is 0.275 e. The van der Waals surface area contributed by atoms with Gasteiger partial charge in [-0.1, -0.05) is 18.2 Å². The van der Waals surface area contributed by atoms with Gasteiger partial charge in [0.05, 0.1) is 17.5 Å². The van der Waals surface area contributed by atoms with Crippen LogP contribution in [0.3, 0.4) is 0 Å². The molecule has 0 unspecified atom stereocenters. The molecule has 1 fully saturated rings. The molecule has 0 saturated carbocycles. The molecular formula is C16H16N3O5-. The number of ether oxygens (including phenoxy) is 1. The third-order valence-electron chi connectivity index (χ3n) is 3.91. The lowest BCUT2D eigenvalue weighted by atomic mass is 10.1. The minimum absolute atomic E-state index is 0.0194. The van der Waals surface area contributed by atoms with Crippen molar-refractivity contribution in [1.29, 1.82) is 0 Å². The zero-order valence-corrected chi connectivity index (χ0v) is 12.9. The molecule has 1 aromatic heterocycles. The molecule has 1 aliphatic rings. The monoisotopic (exact) mass is 330 g/mol. The number of aromatic nitrogens is 2. The number of fused-ring (bicyclic) bond motifs is 1. The summed E-state index contributed by atoms with van der Waals surface area (Å²) in [6.45, 7) is 0.673. The minimum Gasteiger partial charge on any atom is -0.543 e. The normalized spacial score (nSPS) is 17.1. The van der Waals surface area contributed by atoms with Gasteiger partial charge in [-0.15, -0.1) is 0 Å². The Balaban J connectivity index is 1.83. The summed E-state index contributed by atoms with van der Waals surface area (Å²) in [5, 5.41) is 18.1. The summed E-state index contributed by atoms with van der Waals surface area (Å²) < 4.78 is 6.25. The highest BCUT2D eigenvalue weighted by Gasteiger charge is 2.17. The Kier molecular flexibility index (Phi) is 4.57. The smallest absolute Gasteiger partial charge is 0.275 e. The Morgan fingerprint density at radius 1 is 1.33 bits per heavy atom. The number of rotatable bonds is 5. The maximum atomic E-state index is 12.4. The van der Waals surface area contributed by atoms with Crippen LogP contribution in [-0.2, 0) is 16.1 Å². The van der Waals surface area contributed by atoms with Gasteiger partial charge in [-0.2, -0.15) is 5.10 Å². The van der Waals surface area contributed by atoms with E-state index in [9.17, 15) is 19.5 Å². The summed E-state index contributed by atoms with van der Waals surface area (Å²) in [4.78, 5) is 35.6. The summed E-state index contributed by atoms with van der Waals surface area (Å²) >= 11 is 0. The van der Waals surface area contributed by atoms with E-state index in [0.717, 1.165) is 17.5 Å². The third kappa shape index (κ3) is 3.28. The van der Waals surface area contributed by atoms with E-state index < -0.39 is 17.4 Å². The quantitative estimate of drug-likeness (QED) is 0.756. The van der Waals surface area contributed by atoms with E-state index >= 15 is 0 Å². The largest absolute Gasteiger partial charge is 0.543 e. The molecule has 1 aliphatic heterocycles. The van der Waals surface area contributed by atoms with Gasteiger partial charge in [0.2, 0.25) is 5.91 Å². The van der Waals surface area contributed by atoms with Crippen LogP contribution >= 0.6 is 0 Å². The molecule has 8 nitrogen and oxygen atoms in total. The number of hydrogen-bond acceptors (Lipinski definition) is 6. The third-order valence-corrected chi connectivity index (χ3v) is 3.91. The first-order chi connectivity index (χ1) is 11.6. The van der Waals surface area contributed by atoms with E-state index in [1.54, 1.807) is 12.1 Å². The molecule has 24 heavy (non-hydrogen) atoms. The number of carboxylic acid groups (broad SMARTS) is 1. The lowest BCUT2D eigenvalue weighted by Crippen LogP contribution is -2.38. The van der Waals surface area contributed by atoms with Crippen molar-refractivity contribution in [2.75, 3.05) is 13.2 Å². The fourth-order valence-corrected chi connectivity index (χ4v) is 2.72. The summed E-state index contributed by atoms with van der Waals surface area (Å²) in [7, 11) is 0. The second kappa shape index (κ2) is 6.79. The molecule has 2 aromatic rings. The molecule has 126 valence electrons. The van der Waals surface area contributed by atoms with Gasteiger partial charge in [-0.25, -0.2) is 4.68 Å². The molecule has 0 bridgehead atoms. The SMILES string of the molecule is O=C(Cn1nc(C(=O)[O-])c2ccccc2c1=O)NC[C@H]1CCCO1. The van der Waals surface area contributed by atoms with Crippen molar-refractivity contribution in [2.24, 2.45) is 0 Å². The number of carboxylic acids is 1. The molecule has 8 heteroatoms. The van der Waals surface area contributed by atoms with Crippen LogP contribution in [0.5, 0.6) is 0 Å². The highest BCUT2D eigenvalue weighted by Crippen LogP contribution is 2.12. The van der Waals surface area contributed by atoms with Crippen molar-refractivity contribution >= 4 is 22.6 Å². The summed E-state index contributed by atoms with van der Waals surface area (Å²) in [6, 6.07) is 6.20. The van der Waals surface area contributed by atoms with Crippen LogP contribution in [0.1, 0.15) is 23.3 Å². The van der Waals surface area contributed by atoms with Crippen molar-refractivity contribution in [1.82, 2.24) is 15.1 Å². The van der Waals surface area contributed by atoms with Gasteiger partial charge in [0.25, 0.3) is 5.56 Å². The van der Waals surface area contributed by atoms with Crippen LogP contribution in [0.25, 0.3) is 10.8 Å². The number of amides is 1. The van der Waals surface area contributed by atoms with E-state index in [-0.39, 0.29) is 29.1 Å². The standard InChI is InChI=1S/C16H17N3O5/c20-13(17-8-10-4-3-7-24-10)9-19-15(21)12-6-2-1-5-11(12)14(18-19)16(22)23/h1-2,5-6,10H,3-4,7-9H2,(H,17,20)(H,22,23)/p-1/t10-/m1/s1. The van der Waals surface area contributed by atoms with Crippen molar-refractivity contribution in [2.45, 2.75) is 25.5 Å². The summed E-state index contributed by atoms with van der Waals surface area (Å²) in [5.41, 5.74) is -0.889. The topological polar surface area (TPSA) is 113 Å². The van der Waals surface area contributed by atoms with Crippen molar-refractivity contribution in [3.8, 4) is 0 Å². The Hall–Kier alpha value is -2.74. The zero-order chi connectivity index (χ0) is 17.1. The van der Waals surface area contributed by atoms with E-state index in [0.29, 0.717) is 13.2 Å². The first-order valence-corrected chi connectivity index (χ1v) is 7.66. The average Bonchev–Trinajstić information content (AvgIpc) is 3.09. The highest BCUT2D eigenvalue weighted by atomic mass is 16.5. The molecule has 1 N–H and O–H groups in total. The highest BCUT2D eigenvalue weighted by molar-refractivity contribution is 6.00. The van der Waals surface area contributed by atoms with Crippen LogP contribution in [0.4, 0.5) is 0 Å². The van der Waals surface area contributed by atoms with E-state index in [1.165, 1.54) is 12.1 Å². The minimum atomic E-state index is -1.50. The fourth-order valence-electron chi connectivity index (χ4n) is 2.72. The molecule has 1 atom stereocenters. The van der Waals surface area contributed by atoms with E-state index in [4.69, 9.17) is 4.74 Å². The number of aromatic carboxylic acids is 1. The second-order valence-corrected chi connectivity index (χ2v) is 5.58. The molecule has 1 amide bonds. The van der Waals surface area contributed by atoms with Gasteiger partial charge in [0, 0.05) is 18.5 Å². The molecule has 1 aromatic carbocycles. The van der Waals surface area contributed by atoms with Crippen LogP contribution in [-0.4, -0.2) is 40.9 Å². The van der Waals surface area contributed by atoms with E-state index in [2.05, 4.69) is 10.4 Å². The molecule has 0 spiro atoms. The molecular weight excluding hydrogens is 314 g/mol. The average molecular weight is 330 g/mol. The Morgan fingerprint density at radius 3 is 2.75 bits per heavy atom. The zero-order valence-electron chi connectivity index (χ0n) is 12.9. The summed E-state index contributed by atoms with van der Waals surface area (Å²) in [5.74, 6) is -1.93. The maximum absolute atomic E-state index is 12.4. The van der Waals surface area contributed by atoms with Gasteiger partial charge in [-0.05, 0) is 18.9 Å². The van der Waals surface area contributed by atoms with Crippen LogP contribution in [0.15, 0.2) is 29.1 Å².